The summed E-state index contributed by atoms with van der Waals surface area (Å²) < 4.78 is 13.0. The van der Waals surface area contributed by atoms with Gasteiger partial charge in [0.25, 0.3) is 0 Å². The molecule has 172 valence electrons. The van der Waals surface area contributed by atoms with Gasteiger partial charge in [-0.3, -0.25) is 4.79 Å². The third-order valence-electron chi connectivity index (χ3n) is 5.10. The first-order valence-corrected chi connectivity index (χ1v) is 10.5. The van der Waals surface area contributed by atoms with Gasteiger partial charge in [0.05, 0.1) is 17.7 Å². The molecule has 0 unspecified atom stereocenters. The van der Waals surface area contributed by atoms with Crippen molar-refractivity contribution in [3.63, 3.8) is 0 Å². The predicted octanol–water partition coefficient (Wildman–Crippen LogP) is 2.61. The Bertz CT molecular complexity index is 1350. The Morgan fingerprint density at radius 3 is 2.00 bits per heavy atom. The quantitative estimate of drug-likeness (QED) is 0.374. The third kappa shape index (κ3) is 5.26. The van der Waals surface area contributed by atoms with E-state index in [0.717, 1.165) is 20.5 Å². The van der Waals surface area contributed by atoms with Gasteiger partial charge in [0.1, 0.15) is 13.2 Å². The molecule has 0 bridgehead atoms. The van der Waals surface area contributed by atoms with Crippen molar-refractivity contribution in [1.82, 2.24) is 19.8 Å². The minimum absolute atomic E-state index is 0.0624. The number of aromatic nitrogens is 4. The minimum Gasteiger partial charge on any atom is -0.461 e. The van der Waals surface area contributed by atoms with E-state index in [-0.39, 0.29) is 36.4 Å². The Kier molecular flexibility index (Phi) is 6.92. The summed E-state index contributed by atoms with van der Waals surface area (Å²) in [6.07, 6.45) is -0.262. The summed E-state index contributed by atoms with van der Waals surface area (Å²) in [6, 6.07) is 23.2. The molecule has 0 aliphatic rings. The topological polar surface area (TPSA) is 105 Å². The smallest absolute Gasteiger partial charge is 0.368 e. The van der Waals surface area contributed by atoms with Crippen LogP contribution in [0.1, 0.15) is 27.0 Å². The first-order chi connectivity index (χ1) is 16.5. The number of esters is 2. The van der Waals surface area contributed by atoms with Crippen molar-refractivity contribution in [2.75, 3.05) is 0 Å². The highest BCUT2D eigenvalue weighted by Crippen LogP contribution is 2.21. The standard InChI is InChI=1S/C25H22N4O5/c1-28-25(32)29(27-26-28)22-14-8-13-20(24(31)34-17-19-11-6-3-7-12-19)21(22)15-23(30)33-16-18-9-4-2-5-10-18/h2-14H,15-17H2,1H3. The number of nitrogens with zero attached hydrogens (tertiary/aromatic N) is 4. The second-order valence-corrected chi connectivity index (χ2v) is 7.48. The summed E-state index contributed by atoms with van der Waals surface area (Å²) in [5.41, 5.74) is 1.79. The normalized spacial score (nSPS) is 10.6. The summed E-state index contributed by atoms with van der Waals surface area (Å²) in [4.78, 5) is 38.2. The molecule has 0 fully saturated rings. The monoisotopic (exact) mass is 458 g/mol. The van der Waals surface area contributed by atoms with Crippen molar-refractivity contribution in [1.29, 1.82) is 0 Å². The average molecular weight is 458 g/mol. The zero-order valence-electron chi connectivity index (χ0n) is 18.5. The van der Waals surface area contributed by atoms with Gasteiger partial charge >= 0.3 is 17.6 Å². The SMILES string of the molecule is Cn1nnn(-c2cccc(C(=O)OCc3ccccc3)c2CC(=O)OCc2ccccc2)c1=O. The maximum absolute atomic E-state index is 13.0. The zero-order chi connectivity index (χ0) is 23.9. The molecule has 0 spiro atoms. The third-order valence-corrected chi connectivity index (χ3v) is 5.10. The second-order valence-electron chi connectivity index (χ2n) is 7.48. The fourth-order valence-electron chi connectivity index (χ4n) is 3.35. The molecule has 9 heteroatoms. The van der Waals surface area contributed by atoms with E-state index in [0.29, 0.717) is 0 Å². The maximum atomic E-state index is 13.0. The number of rotatable bonds is 8. The highest BCUT2D eigenvalue weighted by Gasteiger charge is 2.22. The van der Waals surface area contributed by atoms with E-state index in [9.17, 15) is 14.4 Å². The lowest BCUT2D eigenvalue weighted by Gasteiger charge is -2.14. The molecule has 0 N–H and O–H groups in total. The lowest BCUT2D eigenvalue weighted by Crippen LogP contribution is -2.24. The molecule has 0 aliphatic carbocycles. The summed E-state index contributed by atoms with van der Waals surface area (Å²) >= 11 is 0. The van der Waals surface area contributed by atoms with Gasteiger partial charge in [-0.2, -0.15) is 9.36 Å². The van der Waals surface area contributed by atoms with Gasteiger partial charge in [-0.05, 0) is 33.7 Å². The number of hydrogen-bond acceptors (Lipinski definition) is 7. The van der Waals surface area contributed by atoms with Gasteiger partial charge in [0.2, 0.25) is 0 Å². The Balaban J connectivity index is 1.62. The number of carbonyl (C=O) groups excluding carboxylic acids is 2. The highest BCUT2D eigenvalue weighted by molar-refractivity contribution is 5.94. The van der Waals surface area contributed by atoms with Crippen LogP contribution in [0.3, 0.4) is 0 Å². The molecule has 0 saturated heterocycles. The van der Waals surface area contributed by atoms with Gasteiger partial charge in [-0.15, -0.1) is 0 Å². The molecule has 1 aromatic heterocycles. The molecule has 0 amide bonds. The Hall–Kier alpha value is -4.53. The van der Waals surface area contributed by atoms with Gasteiger partial charge in [-0.25, -0.2) is 9.59 Å². The molecule has 0 atom stereocenters. The van der Waals surface area contributed by atoms with Crippen molar-refractivity contribution >= 4 is 11.9 Å². The lowest BCUT2D eigenvalue weighted by molar-refractivity contribution is -0.144. The Labute approximate surface area is 195 Å². The van der Waals surface area contributed by atoms with Crippen LogP contribution in [-0.4, -0.2) is 31.7 Å². The average Bonchev–Trinajstić information content (AvgIpc) is 3.20. The predicted molar refractivity (Wildman–Crippen MR) is 122 cm³/mol. The molecule has 9 nitrogen and oxygen atoms in total. The number of tetrazole rings is 1. The van der Waals surface area contributed by atoms with Crippen LogP contribution in [0.4, 0.5) is 0 Å². The molecule has 0 saturated carbocycles. The molecule has 4 aromatic rings. The molecule has 34 heavy (non-hydrogen) atoms. The summed E-state index contributed by atoms with van der Waals surface area (Å²) in [5.74, 6) is -1.20. The molecule has 0 radical (unpaired) electrons. The van der Waals surface area contributed by atoms with Crippen molar-refractivity contribution in [3.05, 3.63) is 112 Å². The van der Waals surface area contributed by atoms with Crippen molar-refractivity contribution in [2.45, 2.75) is 19.6 Å². The number of ether oxygens (including phenoxy) is 2. The molecular formula is C25H22N4O5. The minimum atomic E-state index is -0.631. The van der Waals surface area contributed by atoms with Gasteiger partial charge in [-0.1, -0.05) is 66.7 Å². The van der Waals surface area contributed by atoms with E-state index in [1.165, 1.54) is 13.1 Å². The van der Waals surface area contributed by atoms with Crippen LogP contribution in [0, 0.1) is 0 Å². The zero-order valence-corrected chi connectivity index (χ0v) is 18.5. The molecule has 0 aliphatic heterocycles. The van der Waals surface area contributed by atoms with Crippen molar-refractivity contribution in [3.8, 4) is 5.69 Å². The van der Waals surface area contributed by atoms with E-state index < -0.39 is 17.6 Å². The van der Waals surface area contributed by atoms with Crippen molar-refractivity contribution in [2.24, 2.45) is 7.05 Å². The van der Waals surface area contributed by atoms with E-state index in [2.05, 4.69) is 10.4 Å². The van der Waals surface area contributed by atoms with Crippen LogP contribution in [0.5, 0.6) is 0 Å². The van der Waals surface area contributed by atoms with Crippen LogP contribution in [0.15, 0.2) is 83.7 Å². The first kappa shape index (κ1) is 22.7. The Morgan fingerprint density at radius 1 is 0.794 bits per heavy atom. The molecule has 1 heterocycles. The highest BCUT2D eigenvalue weighted by atomic mass is 16.5. The largest absolute Gasteiger partial charge is 0.461 e. The van der Waals surface area contributed by atoms with Crippen LogP contribution in [-0.2, 0) is 41.0 Å². The summed E-state index contributed by atoms with van der Waals surface area (Å²) in [6.45, 7) is 0.146. The van der Waals surface area contributed by atoms with E-state index in [1.54, 1.807) is 12.1 Å². The number of hydrogen-bond donors (Lipinski definition) is 0. The number of carbonyl (C=O) groups is 2. The summed E-state index contributed by atoms with van der Waals surface area (Å²) in [5, 5.41) is 7.58. The second kappa shape index (κ2) is 10.4. The number of aryl methyl sites for hydroxylation is 1. The molecule has 3 aromatic carbocycles. The summed E-state index contributed by atoms with van der Waals surface area (Å²) in [7, 11) is 1.46. The van der Waals surface area contributed by atoms with E-state index in [4.69, 9.17) is 9.47 Å². The lowest BCUT2D eigenvalue weighted by atomic mass is 10.0. The van der Waals surface area contributed by atoms with Crippen LogP contribution >= 0.6 is 0 Å². The fourth-order valence-corrected chi connectivity index (χ4v) is 3.35. The van der Waals surface area contributed by atoms with Crippen LogP contribution in [0.2, 0.25) is 0 Å². The fraction of sp³-hybridized carbons (Fsp3) is 0.160. The van der Waals surface area contributed by atoms with Gasteiger partial charge in [0, 0.05) is 12.6 Å². The maximum Gasteiger partial charge on any atom is 0.368 e. The van der Waals surface area contributed by atoms with Crippen molar-refractivity contribution < 1.29 is 19.1 Å². The van der Waals surface area contributed by atoms with Crippen LogP contribution < -0.4 is 5.69 Å². The van der Waals surface area contributed by atoms with E-state index in [1.807, 2.05) is 60.7 Å². The molecule has 4 rings (SSSR count). The Morgan fingerprint density at radius 2 is 1.41 bits per heavy atom. The number of benzene rings is 3. The van der Waals surface area contributed by atoms with E-state index >= 15 is 0 Å². The van der Waals surface area contributed by atoms with Crippen LogP contribution in [0.25, 0.3) is 5.69 Å². The van der Waals surface area contributed by atoms with Gasteiger partial charge < -0.3 is 9.47 Å². The first-order valence-electron chi connectivity index (χ1n) is 10.5. The van der Waals surface area contributed by atoms with Gasteiger partial charge in [0.15, 0.2) is 0 Å². The molecular weight excluding hydrogens is 436 g/mol.